The molecule has 0 bridgehead atoms. The van der Waals surface area contributed by atoms with Gasteiger partial charge in [0.15, 0.2) is 5.54 Å². The molecule has 1 saturated heterocycles. The number of nitrogens with zero attached hydrogens (tertiary/aromatic N) is 2. The Balaban J connectivity index is 2.03. The van der Waals surface area contributed by atoms with E-state index in [1.54, 1.807) is 19.1 Å². The highest BCUT2D eigenvalue weighted by Gasteiger charge is 2.68. The summed E-state index contributed by atoms with van der Waals surface area (Å²) in [7, 11) is 1.20. The number of benzene rings is 1. The molecule has 0 N–H and O–H groups in total. The number of carbonyl (C=O) groups is 4. The van der Waals surface area contributed by atoms with E-state index in [4.69, 9.17) is 0 Å². The van der Waals surface area contributed by atoms with Gasteiger partial charge in [-0.1, -0.05) is 18.7 Å². The molecule has 3 amide bonds. The minimum Gasteiger partial charge on any atom is -0.468 e. The number of thiol groups is 1. The summed E-state index contributed by atoms with van der Waals surface area (Å²) in [6.45, 7) is 5.04. The van der Waals surface area contributed by atoms with E-state index in [0.29, 0.717) is 5.57 Å². The summed E-state index contributed by atoms with van der Waals surface area (Å²) in [5.74, 6) is -2.35. The number of imide groups is 1. The molecule has 2 aliphatic heterocycles. The first-order valence-electron chi connectivity index (χ1n) is 7.48. The van der Waals surface area contributed by atoms with Crippen LogP contribution in [0, 0.1) is 0 Å². The highest BCUT2D eigenvalue weighted by Crippen LogP contribution is 2.46. The summed E-state index contributed by atoms with van der Waals surface area (Å²) >= 11 is 4.40. The Morgan fingerprint density at radius 2 is 1.76 bits per heavy atom. The number of ether oxygens (including phenoxy) is 1. The van der Waals surface area contributed by atoms with Crippen LogP contribution in [-0.2, 0) is 14.3 Å². The van der Waals surface area contributed by atoms with Crippen molar-refractivity contribution >= 4 is 36.3 Å². The van der Waals surface area contributed by atoms with E-state index in [2.05, 4.69) is 23.9 Å². The van der Waals surface area contributed by atoms with Crippen molar-refractivity contribution in [2.75, 3.05) is 13.7 Å². The highest BCUT2D eigenvalue weighted by molar-refractivity contribution is 7.81. The minimum atomic E-state index is -1.62. The topological polar surface area (TPSA) is 84.0 Å². The van der Waals surface area contributed by atoms with Crippen molar-refractivity contribution in [1.29, 1.82) is 0 Å². The fraction of sp³-hybridized carbons (Fsp3) is 0.294. The van der Waals surface area contributed by atoms with Crippen LogP contribution in [0.3, 0.4) is 0 Å². The molecule has 2 atom stereocenters. The molecule has 0 radical (unpaired) electrons. The molecule has 0 aromatic heterocycles. The van der Waals surface area contributed by atoms with Gasteiger partial charge in [0.2, 0.25) is 0 Å². The number of esters is 1. The monoisotopic (exact) mass is 360 g/mol. The van der Waals surface area contributed by atoms with E-state index >= 15 is 0 Å². The second-order valence-electron chi connectivity index (χ2n) is 5.92. The molecule has 1 fully saturated rings. The predicted octanol–water partition coefficient (Wildman–Crippen LogP) is 0.869. The first-order chi connectivity index (χ1) is 11.8. The Kier molecular flexibility index (Phi) is 3.95. The Morgan fingerprint density at radius 3 is 2.16 bits per heavy atom. The standard InChI is InChI=1S/C17H16N2O5S/c1-9(2)17(15(23)18(16(17)25)8-12(20)24-3)19-13(21)10-6-4-5-7-11(10)14(19)22/h4-7,16,25H,1,8H2,2-3H3. The van der Waals surface area contributed by atoms with Gasteiger partial charge >= 0.3 is 5.97 Å². The van der Waals surface area contributed by atoms with Crippen molar-refractivity contribution < 1.29 is 23.9 Å². The SMILES string of the molecule is C=C(C)C1(N2C(=O)c3ccccc3C2=O)C(=O)N(CC(=O)OC)C1S. The van der Waals surface area contributed by atoms with Crippen molar-refractivity contribution in [3.63, 3.8) is 0 Å². The van der Waals surface area contributed by atoms with Crippen LogP contribution in [0.1, 0.15) is 27.6 Å². The van der Waals surface area contributed by atoms with Gasteiger partial charge in [-0.05, 0) is 24.6 Å². The van der Waals surface area contributed by atoms with E-state index in [0.717, 1.165) is 9.80 Å². The van der Waals surface area contributed by atoms with Crippen LogP contribution in [0.4, 0.5) is 0 Å². The molecule has 3 rings (SSSR count). The maximum absolute atomic E-state index is 12.9. The average Bonchev–Trinajstić information content (AvgIpc) is 2.85. The summed E-state index contributed by atoms with van der Waals surface area (Å²) < 4.78 is 4.56. The van der Waals surface area contributed by atoms with E-state index in [-0.39, 0.29) is 17.7 Å². The van der Waals surface area contributed by atoms with Gasteiger partial charge in [-0.2, -0.15) is 12.6 Å². The van der Waals surface area contributed by atoms with Crippen LogP contribution >= 0.6 is 12.6 Å². The quantitative estimate of drug-likeness (QED) is 0.283. The lowest BCUT2D eigenvalue weighted by Crippen LogP contribution is -2.80. The maximum Gasteiger partial charge on any atom is 0.325 e. The van der Waals surface area contributed by atoms with Gasteiger partial charge in [-0.3, -0.25) is 24.1 Å². The Hall–Kier alpha value is -2.61. The van der Waals surface area contributed by atoms with Crippen molar-refractivity contribution in [1.82, 2.24) is 9.80 Å². The summed E-state index contributed by atoms with van der Waals surface area (Å²) in [5, 5.41) is -0.890. The van der Waals surface area contributed by atoms with Crippen LogP contribution in [0.15, 0.2) is 36.4 Å². The first-order valence-corrected chi connectivity index (χ1v) is 8.00. The van der Waals surface area contributed by atoms with Gasteiger partial charge in [0.05, 0.1) is 18.2 Å². The number of amides is 3. The fourth-order valence-electron chi connectivity index (χ4n) is 3.28. The number of β-lactam (4-membered cyclic amide) rings is 1. The summed E-state index contributed by atoms with van der Waals surface area (Å²) in [6, 6.07) is 6.35. The number of carbonyl (C=O) groups excluding carboxylic acids is 4. The van der Waals surface area contributed by atoms with Gasteiger partial charge in [0.1, 0.15) is 11.9 Å². The normalized spacial score (nSPS) is 24.9. The van der Waals surface area contributed by atoms with Crippen LogP contribution in [-0.4, -0.2) is 58.1 Å². The van der Waals surface area contributed by atoms with Gasteiger partial charge in [0.25, 0.3) is 17.7 Å². The van der Waals surface area contributed by atoms with Crippen LogP contribution in [0.5, 0.6) is 0 Å². The lowest BCUT2D eigenvalue weighted by Gasteiger charge is -2.56. The summed E-state index contributed by atoms with van der Waals surface area (Å²) in [6.07, 6.45) is 0. The van der Waals surface area contributed by atoms with Gasteiger partial charge < -0.3 is 9.64 Å². The second kappa shape index (κ2) is 5.73. The number of rotatable bonds is 4. The maximum atomic E-state index is 12.9. The second-order valence-corrected chi connectivity index (χ2v) is 6.41. The van der Waals surface area contributed by atoms with E-state index in [1.807, 2.05) is 0 Å². The van der Waals surface area contributed by atoms with Crippen molar-refractivity contribution in [2.45, 2.75) is 17.8 Å². The Morgan fingerprint density at radius 1 is 1.24 bits per heavy atom. The minimum absolute atomic E-state index is 0.230. The summed E-state index contributed by atoms with van der Waals surface area (Å²) in [4.78, 5) is 52.0. The molecule has 2 aliphatic rings. The molecule has 7 nitrogen and oxygen atoms in total. The smallest absolute Gasteiger partial charge is 0.325 e. The zero-order valence-electron chi connectivity index (χ0n) is 13.7. The van der Waals surface area contributed by atoms with Gasteiger partial charge in [-0.15, -0.1) is 0 Å². The lowest BCUT2D eigenvalue weighted by atomic mass is 9.79. The third-order valence-electron chi connectivity index (χ3n) is 4.58. The molecule has 25 heavy (non-hydrogen) atoms. The highest BCUT2D eigenvalue weighted by atomic mass is 32.1. The van der Waals surface area contributed by atoms with Crippen LogP contribution < -0.4 is 0 Å². The molecule has 1 aromatic rings. The Bertz CT molecular complexity index is 801. The molecule has 0 saturated carbocycles. The van der Waals surface area contributed by atoms with Crippen molar-refractivity contribution in [2.24, 2.45) is 0 Å². The number of hydrogen-bond acceptors (Lipinski definition) is 6. The third kappa shape index (κ3) is 2.07. The zero-order valence-corrected chi connectivity index (χ0v) is 14.6. The molecular weight excluding hydrogens is 344 g/mol. The molecule has 2 unspecified atom stereocenters. The molecule has 0 aliphatic carbocycles. The van der Waals surface area contributed by atoms with E-state index < -0.39 is 34.6 Å². The zero-order chi connectivity index (χ0) is 18.5. The van der Waals surface area contributed by atoms with E-state index in [1.165, 1.54) is 19.2 Å². The molecular formula is C17H16N2O5S. The lowest BCUT2D eigenvalue weighted by molar-refractivity contribution is -0.164. The van der Waals surface area contributed by atoms with Crippen molar-refractivity contribution in [3.8, 4) is 0 Å². The first kappa shape index (κ1) is 17.2. The third-order valence-corrected chi connectivity index (χ3v) is 5.23. The molecule has 0 spiro atoms. The number of fused-ring (bicyclic) bond motifs is 1. The molecule has 2 heterocycles. The fourth-order valence-corrected chi connectivity index (χ4v) is 3.91. The van der Waals surface area contributed by atoms with Gasteiger partial charge in [0, 0.05) is 0 Å². The Labute approximate surface area is 149 Å². The molecule has 8 heteroatoms. The van der Waals surface area contributed by atoms with Gasteiger partial charge in [-0.25, -0.2) is 0 Å². The largest absolute Gasteiger partial charge is 0.468 e. The molecule has 130 valence electrons. The number of methoxy groups -OCH3 is 1. The van der Waals surface area contributed by atoms with E-state index in [9.17, 15) is 19.2 Å². The van der Waals surface area contributed by atoms with Crippen LogP contribution in [0.2, 0.25) is 0 Å². The van der Waals surface area contributed by atoms with Crippen molar-refractivity contribution in [3.05, 3.63) is 47.5 Å². The summed E-state index contributed by atoms with van der Waals surface area (Å²) in [5.41, 5.74) is -0.862. The predicted molar refractivity (Wildman–Crippen MR) is 91.0 cm³/mol. The number of likely N-dealkylation sites (tertiary alicyclic amines) is 1. The average molecular weight is 360 g/mol. The number of hydrogen-bond donors (Lipinski definition) is 1. The van der Waals surface area contributed by atoms with Crippen LogP contribution in [0.25, 0.3) is 0 Å². The molecule has 1 aromatic carbocycles.